The topological polar surface area (TPSA) is 46.5 Å². The molecule has 0 spiro atoms. The van der Waals surface area contributed by atoms with Gasteiger partial charge < -0.3 is 14.6 Å². The third-order valence-electron chi connectivity index (χ3n) is 1.17. The fourth-order valence-electron chi connectivity index (χ4n) is 0.582. The highest BCUT2D eigenvalue weighted by Crippen LogP contribution is 1.95. The van der Waals surface area contributed by atoms with E-state index in [-0.39, 0.29) is 12.7 Å². The SMILES string of the molecule is CC(CCO)OCCC=O. The summed E-state index contributed by atoms with van der Waals surface area (Å²) in [5.74, 6) is 0. The Bertz CT molecular complexity index is 82.9. The number of aldehydes is 1. The molecule has 0 radical (unpaired) electrons. The Balaban J connectivity index is 3.04. The van der Waals surface area contributed by atoms with Gasteiger partial charge in [0.25, 0.3) is 0 Å². The summed E-state index contributed by atoms with van der Waals surface area (Å²) in [5, 5.41) is 8.44. The molecular weight excluding hydrogens is 132 g/mol. The van der Waals surface area contributed by atoms with Gasteiger partial charge in [-0.25, -0.2) is 0 Å². The van der Waals surface area contributed by atoms with Gasteiger partial charge in [-0.2, -0.15) is 0 Å². The van der Waals surface area contributed by atoms with Crippen molar-refractivity contribution in [2.45, 2.75) is 25.9 Å². The Labute approximate surface area is 61.0 Å². The van der Waals surface area contributed by atoms with Crippen LogP contribution in [0.3, 0.4) is 0 Å². The second kappa shape index (κ2) is 6.71. The van der Waals surface area contributed by atoms with Gasteiger partial charge in [0.15, 0.2) is 0 Å². The Morgan fingerprint density at radius 3 is 2.90 bits per heavy atom. The standard InChI is InChI=1S/C7H14O3/c1-7(3-5-9)10-6-2-4-8/h4,7,9H,2-3,5-6H2,1H3. The lowest BCUT2D eigenvalue weighted by molar-refractivity contribution is -0.109. The van der Waals surface area contributed by atoms with Crippen molar-refractivity contribution >= 4 is 6.29 Å². The van der Waals surface area contributed by atoms with E-state index in [2.05, 4.69) is 0 Å². The average Bonchev–Trinajstić information content (AvgIpc) is 1.89. The largest absolute Gasteiger partial charge is 0.396 e. The van der Waals surface area contributed by atoms with Crippen LogP contribution in [0.1, 0.15) is 19.8 Å². The number of hydrogen-bond donors (Lipinski definition) is 1. The second-order valence-electron chi connectivity index (χ2n) is 2.15. The number of aliphatic hydroxyl groups excluding tert-OH is 1. The maximum Gasteiger partial charge on any atom is 0.122 e. The van der Waals surface area contributed by atoms with Gasteiger partial charge in [-0.1, -0.05) is 0 Å². The van der Waals surface area contributed by atoms with Gasteiger partial charge >= 0.3 is 0 Å². The molecule has 0 aliphatic rings. The van der Waals surface area contributed by atoms with Crippen molar-refractivity contribution in [3.05, 3.63) is 0 Å². The first-order valence-electron chi connectivity index (χ1n) is 3.47. The van der Waals surface area contributed by atoms with Gasteiger partial charge in [0.2, 0.25) is 0 Å². The van der Waals surface area contributed by atoms with Crippen LogP contribution in [0.4, 0.5) is 0 Å². The van der Waals surface area contributed by atoms with Crippen molar-refractivity contribution < 1.29 is 14.6 Å². The zero-order chi connectivity index (χ0) is 7.82. The molecule has 1 atom stereocenters. The molecule has 0 aliphatic carbocycles. The van der Waals surface area contributed by atoms with Crippen LogP contribution >= 0.6 is 0 Å². The maximum atomic E-state index is 9.81. The molecule has 0 saturated carbocycles. The molecule has 3 heteroatoms. The minimum Gasteiger partial charge on any atom is -0.396 e. The van der Waals surface area contributed by atoms with E-state index in [9.17, 15) is 4.79 Å². The van der Waals surface area contributed by atoms with E-state index >= 15 is 0 Å². The van der Waals surface area contributed by atoms with E-state index in [1.165, 1.54) is 0 Å². The monoisotopic (exact) mass is 146 g/mol. The Kier molecular flexibility index (Phi) is 6.43. The van der Waals surface area contributed by atoms with Crippen molar-refractivity contribution in [3.63, 3.8) is 0 Å². The predicted octanol–water partition coefficient (Wildman–Crippen LogP) is 0.363. The van der Waals surface area contributed by atoms with Crippen LogP contribution in [0.5, 0.6) is 0 Å². The number of hydrogen-bond acceptors (Lipinski definition) is 3. The first kappa shape index (κ1) is 9.59. The van der Waals surface area contributed by atoms with Gasteiger partial charge in [0, 0.05) is 13.0 Å². The van der Waals surface area contributed by atoms with Gasteiger partial charge in [0.05, 0.1) is 12.7 Å². The van der Waals surface area contributed by atoms with Gasteiger partial charge in [0.1, 0.15) is 6.29 Å². The fourth-order valence-corrected chi connectivity index (χ4v) is 0.582. The smallest absolute Gasteiger partial charge is 0.122 e. The molecule has 0 aromatic rings. The molecule has 0 aromatic heterocycles. The quantitative estimate of drug-likeness (QED) is 0.435. The molecule has 10 heavy (non-hydrogen) atoms. The lowest BCUT2D eigenvalue weighted by Crippen LogP contribution is -2.11. The molecule has 3 nitrogen and oxygen atoms in total. The molecular formula is C7H14O3. The molecule has 60 valence electrons. The van der Waals surface area contributed by atoms with Crippen LogP contribution in [0.2, 0.25) is 0 Å². The van der Waals surface area contributed by atoms with E-state index in [1.807, 2.05) is 6.92 Å². The van der Waals surface area contributed by atoms with Crippen LogP contribution in [0, 0.1) is 0 Å². The van der Waals surface area contributed by atoms with E-state index < -0.39 is 0 Å². The molecule has 0 heterocycles. The third-order valence-corrected chi connectivity index (χ3v) is 1.17. The third kappa shape index (κ3) is 5.72. The zero-order valence-corrected chi connectivity index (χ0v) is 6.25. The van der Waals surface area contributed by atoms with Crippen molar-refractivity contribution in [1.82, 2.24) is 0 Å². The molecule has 0 amide bonds. The van der Waals surface area contributed by atoms with Crippen LogP contribution in [-0.2, 0) is 9.53 Å². The summed E-state index contributed by atoms with van der Waals surface area (Å²) in [6, 6.07) is 0. The van der Waals surface area contributed by atoms with Crippen molar-refractivity contribution in [3.8, 4) is 0 Å². The normalized spacial score (nSPS) is 13.0. The summed E-state index contributed by atoms with van der Waals surface area (Å²) in [4.78, 5) is 9.81. The predicted molar refractivity (Wildman–Crippen MR) is 37.8 cm³/mol. The number of rotatable bonds is 6. The minimum absolute atomic E-state index is 0.0601. The van der Waals surface area contributed by atoms with Crippen molar-refractivity contribution in [2.24, 2.45) is 0 Å². The molecule has 0 rings (SSSR count). The van der Waals surface area contributed by atoms with Crippen LogP contribution in [-0.4, -0.2) is 30.7 Å². The van der Waals surface area contributed by atoms with E-state index in [0.717, 1.165) is 6.29 Å². The van der Waals surface area contributed by atoms with Crippen LogP contribution in [0.25, 0.3) is 0 Å². The molecule has 0 aliphatic heterocycles. The van der Waals surface area contributed by atoms with Crippen LogP contribution < -0.4 is 0 Å². The highest BCUT2D eigenvalue weighted by atomic mass is 16.5. The number of carbonyl (C=O) groups excluding carboxylic acids is 1. The van der Waals surface area contributed by atoms with Crippen LogP contribution in [0.15, 0.2) is 0 Å². The Hall–Kier alpha value is -0.410. The fraction of sp³-hybridized carbons (Fsp3) is 0.857. The summed E-state index contributed by atoms with van der Waals surface area (Å²) in [6.45, 7) is 2.48. The van der Waals surface area contributed by atoms with E-state index in [1.54, 1.807) is 0 Å². The van der Waals surface area contributed by atoms with E-state index in [0.29, 0.717) is 19.4 Å². The summed E-state index contributed by atoms with van der Waals surface area (Å²) in [6.07, 6.45) is 1.96. The Morgan fingerprint density at radius 1 is 1.70 bits per heavy atom. The number of aliphatic hydroxyl groups is 1. The second-order valence-corrected chi connectivity index (χ2v) is 2.15. The summed E-state index contributed by atoms with van der Waals surface area (Å²) < 4.78 is 5.13. The first-order valence-corrected chi connectivity index (χ1v) is 3.47. The number of ether oxygens (including phenoxy) is 1. The minimum atomic E-state index is 0.0601. The maximum absolute atomic E-state index is 9.81. The highest BCUT2D eigenvalue weighted by Gasteiger charge is 1.98. The summed E-state index contributed by atoms with van der Waals surface area (Å²) >= 11 is 0. The summed E-state index contributed by atoms with van der Waals surface area (Å²) in [5.41, 5.74) is 0. The molecule has 1 unspecified atom stereocenters. The molecule has 0 aromatic carbocycles. The average molecular weight is 146 g/mol. The van der Waals surface area contributed by atoms with Crippen molar-refractivity contribution in [1.29, 1.82) is 0 Å². The molecule has 0 fully saturated rings. The lowest BCUT2D eigenvalue weighted by Gasteiger charge is -2.08. The summed E-state index contributed by atoms with van der Waals surface area (Å²) in [7, 11) is 0. The number of carbonyl (C=O) groups is 1. The highest BCUT2D eigenvalue weighted by molar-refractivity contribution is 5.49. The van der Waals surface area contributed by atoms with E-state index in [4.69, 9.17) is 9.84 Å². The van der Waals surface area contributed by atoms with Gasteiger partial charge in [-0.3, -0.25) is 0 Å². The lowest BCUT2D eigenvalue weighted by atomic mass is 10.3. The molecule has 1 N–H and O–H groups in total. The van der Waals surface area contributed by atoms with Crippen molar-refractivity contribution in [2.75, 3.05) is 13.2 Å². The first-order chi connectivity index (χ1) is 4.81. The van der Waals surface area contributed by atoms with Gasteiger partial charge in [-0.05, 0) is 13.3 Å². The molecule has 0 saturated heterocycles. The Morgan fingerprint density at radius 2 is 2.40 bits per heavy atom. The van der Waals surface area contributed by atoms with Gasteiger partial charge in [-0.15, -0.1) is 0 Å². The molecule has 0 bridgehead atoms. The zero-order valence-electron chi connectivity index (χ0n) is 6.25.